The van der Waals surface area contributed by atoms with Crippen molar-refractivity contribution in [1.29, 1.82) is 0 Å². The molecule has 0 N–H and O–H groups in total. The molecule has 0 fully saturated rings. The van der Waals surface area contributed by atoms with Crippen LogP contribution in [-0.4, -0.2) is 4.57 Å². The van der Waals surface area contributed by atoms with Gasteiger partial charge < -0.3 is 9.47 Å². The summed E-state index contributed by atoms with van der Waals surface area (Å²) in [6.07, 6.45) is 0. The van der Waals surface area contributed by atoms with Gasteiger partial charge in [0.25, 0.3) is 0 Å². The molecule has 55 heavy (non-hydrogen) atoms. The predicted octanol–water partition coefficient (Wildman–Crippen LogP) is 14.7. The number of rotatable bonds is 7. The lowest BCUT2D eigenvalue weighted by atomic mass is 9.95. The molecule has 9 aromatic carbocycles. The van der Waals surface area contributed by atoms with E-state index >= 15 is 0 Å². The molecule has 0 saturated heterocycles. The molecule has 0 aliphatic rings. The molecule has 0 spiro atoms. The normalized spacial score (nSPS) is 11.4. The Morgan fingerprint density at radius 1 is 0.382 bits per heavy atom. The summed E-state index contributed by atoms with van der Waals surface area (Å²) in [5, 5.41) is 4.92. The van der Waals surface area contributed by atoms with Gasteiger partial charge in [0, 0.05) is 33.3 Å². The lowest BCUT2D eigenvalue weighted by Gasteiger charge is -2.28. The number of para-hydroxylation sites is 2. The number of fused-ring (bicyclic) bond motifs is 4. The highest BCUT2D eigenvalue weighted by molar-refractivity contribution is 6.12. The van der Waals surface area contributed by atoms with Crippen LogP contribution in [0.5, 0.6) is 0 Å². The van der Waals surface area contributed by atoms with Gasteiger partial charge in [-0.05, 0) is 82.4 Å². The van der Waals surface area contributed by atoms with Crippen LogP contribution in [0, 0.1) is 6.92 Å². The molecule has 2 nitrogen and oxygen atoms in total. The van der Waals surface area contributed by atoms with Gasteiger partial charge in [-0.25, -0.2) is 0 Å². The van der Waals surface area contributed by atoms with Crippen LogP contribution in [0.15, 0.2) is 212 Å². The van der Waals surface area contributed by atoms with Crippen LogP contribution in [0.25, 0.3) is 71.6 Å². The van der Waals surface area contributed by atoms with Crippen molar-refractivity contribution in [3.8, 4) is 39.1 Å². The third-order valence-corrected chi connectivity index (χ3v) is 10.9. The number of nitrogens with zero attached hydrogens (tertiary/aromatic N) is 2. The molecule has 1 aromatic heterocycles. The van der Waals surface area contributed by atoms with Gasteiger partial charge in [0.05, 0.1) is 22.4 Å². The molecule has 10 aromatic rings. The quantitative estimate of drug-likeness (QED) is 0.160. The molecule has 10 rings (SSSR count). The van der Waals surface area contributed by atoms with Crippen molar-refractivity contribution in [3.05, 3.63) is 218 Å². The van der Waals surface area contributed by atoms with E-state index in [1.165, 1.54) is 66.0 Å². The second kappa shape index (κ2) is 13.7. The van der Waals surface area contributed by atoms with E-state index in [4.69, 9.17) is 0 Å². The van der Waals surface area contributed by atoms with Gasteiger partial charge in [-0.1, -0.05) is 175 Å². The summed E-state index contributed by atoms with van der Waals surface area (Å²) in [5.74, 6) is 0. The van der Waals surface area contributed by atoms with Crippen LogP contribution in [0.4, 0.5) is 17.1 Å². The molecule has 0 amide bonds. The highest BCUT2D eigenvalue weighted by atomic mass is 15.1. The molecule has 0 atom stereocenters. The molecule has 0 aliphatic heterocycles. The first-order chi connectivity index (χ1) is 27.2. The Labute approximate surface area is 321 Å². The van der Waals surface area contributed by atoms with Crippen molar-refractivity contribution in [2.45, 2.75) is 6.92 Å². The van der Waals surface area contributed by atoms with Crippen molar-refractivity contribution in [3.63, 3.8) is 0 Å². The fraction of sp³-hybridized carbons (Fsp3) is 0.0189. The zero-order valence-corrected chi connectivity index (χ0v) is 30.6. The molecular formula is C53H38N2. The third kappa shape index (κ3) is 5.76. The van der Waals surface area contributed by atoms with E-state index in [0.29, 0.717) is 0 Å². The first-order valence-electron chi connectivity index (χ1n) is 18.9. The SMILES string of the molecule is Cc1ccc(-c2c(-n3c4ccccc4c4ccc(N(c5ccc(-c6ccccc6)cc5)c5ccccc5-c5ccccc5)cc43)ccc3ccccc23)cc1. The predicted molar refractivity (Wildman–Crippen MR) is 234 cm³/mol. The van der Waals surface area contributed by atoms with E-state index in [2.05, 4.69) is 229 Å². The first-order valence-corrected chi connectivity index (χ1v) is 18.9. The number of hydrogen-bond donors (Lipinski definition) is 0. The average Bonchev–Trinajstić information content (AvgIpc) is 3.58. The lowest BCUT2D eigenvalue weighted by Crippen LogP contribution is -2.11. The highest BCUT2D eigenvalue weighted by Gasteiger charge is 2.22. The fourth-order valence-electron chi connectivity index (χ4n) is 8.22. The van der Waals surface area contributed by atoms with Crippen molar-refractivity contribution in [2.75, 3.05) is 4.90 Å². The summed E-state index contributed by atoms with van der Waals surface area (Å²) >= 11 is 0. The molecule has 260 valence electrons. The van der Waals surface area contributed by atoms with E-state index in [0.717, 1.165) is 28.3 Å². The fourth-order valence-corrected chi connectivity index (χ4v) is 8.22. The van der Waals surface area contributed by atoms with E-state index in [9.17, 15) is 0 Å². The summed E-state index contributed by atoms with van der Waals surface area (Å²) in [5.41, 5.74) is 15.2. The maximum atomic E-state index is 2.48. The second-order valence-electron chi connectivity index (χ2n) is 14.2. The number of aryl methyl sites for hydroxylation is 1. The summed E-state index contributed by atoms with van der Waals surface area (Å²) in [7, 11) is 0. The van der Waals surface area contributed by atoms with Crippen LogP contribution in [0.2, 0.25) is 0 Å². The molecule has 0 radical (unpaired) electrons. The molecule has 0 bridgehead atoms. The Hall–Kier alpha value is -7.16. The van der Waals surface area contributed by atoms with E-state index in [1.807, 2.05) is 0 Å². The zero-order valence-electron chi connectivity index (χ0n) is 30.6. The molecule has 0 saturated carbocycles. The van der Waals surface area contributed by atoms with Crippen LogP contribution in [0.1, 0.15) is 5.56 Å². The first kappa shape index (κ1) is 32.5. The van der Waals surface area contributed by atoms with Crippen LogP contribution >= 0.6 is 0 Å². The average molecular weight is 703 g/mol. The van der Waals surface area contributed by atoms with Gasteiger partial charge in [-0.2, -0.15) is 0 Å². The van der Waals surface area contributed by atoms with E-state index in [1.54, 1.807) is 0 Å². The number of aromatic nitrogens is 1. The monoisotopic (exact) mass is 702 g/mol. The minimum atomic E-state index is 1.09. The zero-order chi connectivity index (χ0) is 36.7. The topological polar surface area (TPSA) is 8.17 Å². The number of benzene rings is 9. The van der Waals surface area contributed by atoms with Gasteiger partial charge in [0.1, 0.15) is 0 Å². The Bertz CT molecular complexity index is 2960. The largest absolute Gasteiger partial charge is 0.310 e. The van der Waals surface area contributed by atoms with Crippen LogP contribution in [0.3, 0.4) is 0 Å². The van der Waals surface area contributed by atoms with Gasteiger partial charge in [0.2, 0.25) is 0 Å². The molecule has 0 aliphatic carbocycles. The number of anilines is 3. The summed E-state index contributed by atoms with van der Waals surface area (Å²) in [4.78, 5) is 2.42. The third-order valence-electron chi connectivity index (χ3n) is 10.9. The molecular weight excluding hydrogens is 665 g/mol. The summed E-state index contributed by atoms with van der Waals surface area (Å²) in [6, 6.07) is 77.1. The van der Waals surface area contributed by atoms with Crippen molar-refractivity contribution < 1.29 is 0 Å². The molecule has 2 heteroatoms. The van der Waals surface area contributed by atoms with Crippen LogP contribution < -0.4 is 4.90 Å². The maximum Gasteiger partial charge on any atom is 0.0562 e. The van der Waals surface area contributed by atoms with Crippen molar-refractivity contribution >= 4 is 49.6 Å². The van der Waals surface area contributed by atoms with Gasteiger partial charge in [0.15, 0.2) is 0 Å². The minimum absolute atomic E-state index is 1.09. The smallest absolute Gasteiger partial charge is 0.0562 e. The van der Waals surface area contributed by atoms with Gasteiger partial charge >= 0.3 is 0 Å². The second-order valence-corrected chi connectivity index (χ2v) is 14.2. The van der Waals surface area contributed by atoms with E-state index in [-0.39, 0.29) is 0 Å². The molecule has 0 unspecified atom stereocenters. The Morgan fingerprint density at radius 2 is 0.964 bits per heavy atom. The highest BCUT2D eigenvalue weighted by Crippen LogP contribution is 2.45. The Morgan fingerprint density at radius 3 is 1.75 bits per heavy atom. The summed E-state index contributed by atoms with van der Waals surface area (Å²) < 4.78 is 2.48. The Kier molecular flexibility index (Phi) is 8.08. The Balaban J connectivity index is 1.24. The van der Waals surface area contributed by atoms with Crippen molar-refractivity contribution in [1.82, 2.24) is 4.57 Å². The van der Waals surface area contributed by atoms with E-state index < -0.39 is 0 Å². The molecule has 1 heterocycles. The minimum Gasteiger partial charge on any atom is -0.310 e. The summed E-state index contributed by atoms with van der Waals surface area (Å²) in [6.45, 7) is 2.15. The maximum absolute atomic E-state index is 2.48. The number of hydrogen-bond acceptors (Lipinski definition) is 1. The lowest BCUT2D eigenvalue weighted by molar-refractivity contribution is 1.18. The van der Waals surface area contributed by atoms with Crippen molar-refractivity contribution in [2.24, 2.45) is 0 Å². The van der Waals surface area contributed by atoms with Gasteiger partial charge in [-0.15, -0.1) is 0 Å². The van der Waals surface area contributed by atoms with Crippen LogP contribution in [-0.2, 0) is 0 Å². The standard InChI is InChI=1S/C53H38N2/c1-37-24-26-42(27-25-37)53-46-20-9-8-18-41(46)30-35-51(53)55-50-23-13-11-21-47(50)48-34-33-44(36-52(48)55)54(43-31-28-39(29-32-43)38-14-4-2-5-15-38)49-22-12-10-19-45(49)40-16-6-3-7-17-40/h2-36H,1H3. The van der Waals surface area contributed by atoms with Gasteiger partial charge in [-0.3, -0.25) is 0 Å².